The highest BCUT2D eigenvalue weighted by atomic mass is 16.4. The molecule has 6 heteroatoms. The van der Waals surface area contributed by atoms with E-state index in [1.54, 1.807) is 6.92 Å². The van der Waals surface area contributed by atoms with Crippen molar-refractivity contribution in [1.29, 1.82) is 5.26 Å². The van der Waals surface area contributed by atoms with Gasteiger partial charge in [0.1, 0.15) is 17.4 Å². The summed E-state index contributed by atoms with van der Waals surface area (Å²) in [6.45, 7) is 8.70. The molecule has 1 unspecified atom stereocenters. The van der Waals surface area contributed by atoms with Gasteiger partial charge in [0, 0.05) is 18.2 Å². The second-order valence-corrected chi connectivity index (χ2v) is 5.36. The lowest BCUT2D eigenvalue weighted by atomic mass is 10.2. The Labute approximate surface area is 125 Å². The van der Waals surface area contributed by atoms with Crippen molar-refractivity contribution in [2.45, 2.75) is 33.2 Å². The van der Waals surface area contributed by atoms with E-state index in [-0.39, 0.29) is 11.8 Å². The molecular formula is C15H22N4O2. The monoisotopic (exact) mass is 290 g/mol. The molecule has 0 bridgehead atoms. The topological polar surface area (TPSA) is 81.3 Å². The van der Waals surface area contributed by atoms with Crippen molar-refractivity contribution >= 4 is 11.8 Å². The Hall–Kier alpha value is -1.84. The van der Waals surface area contributed by atoms with E-state index in [9.17, 15) is 4.79 Å². The number of aryl methyl sites for hydroxylation is 1. The number of nitriles is 1. The Morgan fingerprint density at radius 2 is 2.33 bits per heavy atom. The van der Waals surface area contributed by atoms with Crippen LogP contribution in [0.15, 0.2) is 4.42 Å². The van der Waals surface area contributed by atoms with Crippen LogP contribution in [0, 0.1) is 25.2 Å². The highest BCUT2D eigenvalue weighted by Crippen LogP contribution is 2.25. The zero-order valence-electron chi connectivity index (χ0n) is 12.8. The Balaban J connectivity index is 2.01. The first-order chi connectivity index (χ1) is 10.1. The summed E-state index contributed by atoms with van der Waals surface area (Å²) in [4.78, 5) is 14.3. The highest BCUT2D eigenvalue weighted by Gasteiger charge is 2.24. The molecule has 0 radical (unpaired) electrons. The molecule has 114 valence electrons. The van der Waals surface area contributed by atoms with Crippen molar-refractivity contribution in [3.05, 3.63) is 16.9 Å². The zero-order valence-corrected chi connectivity index (χ0v) is 12.8. The van der Waals surface area contributed by atoms with E-state index in [1.807, 2.05) is 13.8 Å². The van der Waals surface area contributed by atoms with Crippen LogP contribution in [0.1, 0.15) is 30.2 Å². The molecule has 1 saturated heterocycles. The first-order valence-corrected chi connectivity index (χ1v) is 7.31. The minimum Gasteiger partial charge on any atom is -0.444 e. The van der Waals surface area contributed by atoms with Gasteiger partial charge in [-0.1, -0.05) is 6.92 Å². The maximum Gasteiger partial charge on any atom is 0.240 e. The molecule has 2 heterocycles. The number of nitrogens with one attached hydrogen (secondary N) is 2. The van der Waals surface area contributed by atoms with Gasteiger partial charge < -0.3 is 9.73 Å². The largest absolute Gasteiger partial charge is 0.444 e. The van der Waals surface area contributed by atoms with Crippen LogP contribution < -0.4 is 10.6 Å². The van der Waals surface area contributed by atoms with Crippen LogP contribution in [-0.2, 0) is 4.79 Å². The number of carbonyl (C=O) groups is 1. The minimum atomic E-state index is -0.144. The van der Waals surface area contributed by atoms with Gasteiger partial charge in [-0.05, 0) is 33.4 Å². The standard InChI is InChI=1S/C15H22N4O2/c1-4-19(12-5-6-17-8-12)9-14(20)18-15-13(7-16)10(2)11(3)21-15/h12,17H,4-6,8-9H2,1-3H3,(H,18,20). The van der Waals surface area contributed by atoms with Crippen molar-refractivity contribution in [2.24, 2.45) is 0 Å². The van der Waals surface area contributed by atoms with Gasteiger partial charge in [-0.15, -0.1) is 0 Å². The van der Waals surface area contributed by atoms with Crippen molar-refractivity contribution in [3.8, 4) is 6.07 Å². The molecular weight excluding hydrogens is 268 g/mol. The lowest BCUT2D eigenvalue weighted by molar-refractivity contribution is -0.117. The molecule has 2 N–H and O–H groups in total. The normalized spacial score (nSPS) is 18.0. The molecule has 1 aliphatic rings. The Morgan fingerprint density at radius 1 is 1.57 bits per heavy atom. The molecule has 2 rings (SSSR count). The van der Waals surface area contributed by atoms with Gasteiger partial charge in [-0.2, -0.15) is 5.26 Å². The minimum absolute atomic E-state index is 0.144. The third kappa shape index (κ3) is 3.43. The van der Waals surface area contributed by atoms with E-state index >= 15 is 0 Å². The first kappa shape index (κ1) is 15.5. The summed E-state index contributed by atoms with van der Waals surface area (Å²) >= 11 is 0. The molecule has 1 atom stereocenters. The quantitative estimate of drug-likeness (QED) is 0.856. The van der Waals surface area contributed by atoms with Crippen LogP contribution in [0.25, 0.3) is 0 Å². The molecule has 21 heavy (non-hydrogen) atoms. The fourth-order valence-electron chi connectivity index (χ4n) is 2.65. The van der Waals surface area contributed by atoms with Crippen LogP contribution in [0.4, 0.5) is 5.88 Å². The van der Waals surface area contributed by atoms with Crippen LogP contribution in [-0.4, -0.2) is 43.0 Å². The Kier molecular flexibility index (Phi) is 4.99. The second kappa shape index (κ2) is 6.74. The summed E-state index contributed by atoms with van der Waals surface area (Å²) in [5.41, 5.74) is 1.19. The zero-order chi connectivity index (χ0) is 15.4. The molecule has 1 amide bonds. The third-order valence-electron chi connectivity index (χ3n) is 4.05. The summed E-state index contributed by atoms with van der Waals surface area (Å²) in [5.74, 6) is 0.779. The second-order valence-electron chi connectivity index (χ2n) is 5.36. The summed E-state index contributed by atoms with van der Waals surface area (Å²) in [6.07, 6.45) is 1.06. The van der Waals surface area contributed by atoms with Gasteiger partial charge in [0.25, 0.3) is 0 Å². The van der Waals surface area contributed by atoms with Gasteiger partial charge in [0.2, 0.25) is 11.8 Å². The molecule has 1 aliphatic heterocycles. The number of carbonyl (C=O) groups excluding carboxylic acids is 1. The lowest BCUT2D eigenvalue weighted by Gasteiger charge is -2.25. The first-order valence-electron chi connectivity index (χ1n) is 7.31. The van der Waals surface area contributed by atoms with Crippen molar-refractivity contribution < 1.29 is 9.21 Å². The average Bonchev–Trinajstić information content (AvgIpc) is 3.06. The maximum atomic E-state index is 12.2. The SMILES string of the molecule is CCN(CC(=O)Nc1oc(C)c(C)c1C#N)C1CCNC1. The van der Waals surface area contributed by atoms with Crippen molar-refractivity contribution in [1.82, 2.24) is 10.2 Å². The van der Waals surface area contributed by atoms with E-state index in [4.69, 9.17) is 9.68 Å². The molecule has 0 spiro atoms. The van der Waals surface area contributed by atoms with Crippen LogP contribution in [0.2, 0.25) is 0 Å². The molecule has 1 aromatic rings. The fourth-order valence-corrected chi connectivity index (χ4v) is 2.65. The number of furan rings is 1. The highest BCUT2D eigenvalue weighted by molar-refractivity contribution is 5.92. The molecule has 0 aromatic carbocycles. The maximum absolute atomic E-state index is 12.2. The lowest BCUT2D eigenvalue weighted by Crippen LogP contribution is -2.41. The van der Waals surface area contributed by atoms with E-state index in [2.05, 4.69) is 21.6 Å². The fraction of sp³-hybridized carbons (Fsp3) is 0.600. The average molecular weight is 290 g/mol. The summed E-state index contributed by atoms with van der Waals surface area (Å²) < 4.78 is 5.46. The predicted octanol–water partition coefficient (Wildman–Crippen LogP) is 1.39. The third-order valence-corrected chi connectivity index (χ3v) is 4.05. The molecule has 1 aromatic heterocycles. The van der Waals surface area contributed by atoms with E-state index in [0.717, 1.165) is 31.6 Å². The van der Waals surface area contributed by atoms with Crippen molar-refractivity contribution in [3.63, 3.8) is 0 Å². The van der Waals surface area contributed by atoms with E-state index < -0.39 is 0 Å². The smallest absolute Gasteiger partial charge is 0.240 e. The Bertz CT molecular complexity index is 553. The molecule has 0 saturated carbocycles. The molecule has 0 aliphatic carbocycles. The van der Waals surface area contributed by atoms with Crippen LogP contribution in [0.5, 0.6) is 0 Å². The number of likely N-dealkylation sites (N-methyl/N-ethyl adjacent to an activating group) is 1. The number of anilines is 1. The predicted molar refractivity (Wildman–Crippen MR) is 80.0 cm³/mol. The number of rotatable bonds is 5. The number of amides is 1. The number of nitrogens with zero attached hydrogens (tertiary/aromatic N) is 2. The van der Waals surface area contributed by atoms with Crippen LogP contribution >= 0.6 is 0 Å². The Morgan fingerprint density at radius 3 is 2.90 bits per heavy atom. The summed E-state index contributed by atoms with van der Waals surface area (Å²) in [7, 11) is 0. The summed E-state index contributed by atoms with van der Waals surface area (Å²) in [5, 5.41) is 15.2. The van der Waals surface area contributed by atoms with E-state index in [0.29, 0.717) is 23.9 Å². The molecule has 1 fully saturated rings. The summed E-state index contributed by atoms with van der Waals surface area (Å²) in [6, 6.07) is 2.48. The van der Waals surface area contributed by atoms with Gasteiger partial charge in [0.05, 0.1) is 6.54 Å². The molecule has 6 nitrogen and oxygen atoms in total. The number of hydrogen-bond acceptors (Lipinski definition) is 5. The van der Waals surface area contributed by atoms with Crippen molar-refractivity contribution in [2.75, 3.05) is 31.5 Å². The van der Waals surface area contributed by atoms with Gasteiger partial charge >= 0.3 is 0 Å². The van der Waals surface area contributed by atoms with Gasteiger partial charge in [-0.25, -0.2) is 0 Å². The van der Waals surface area contributed by atoms with Crippen LogP contribution in [0.3, 0.4) is 0 Å². The van der Waals surface area contributed by atoms with E-state index in [1.165, 1.54) is 0 Å². The van der Waals surface area contributed by atoms with Gasteiger partial charge in [0.15, 0.2) is 0 Å². The number of hydrogen-bond donors (Lipinski definition) is 2. The van der Waals surface area contributed by atoms with Gasteiger partial charge in [-0.3, -0.25) is 15.0 Å².